The topological polar surface area (TPSA) is 122 Å². The summed E-state index contributed by atoms with van der Waals surface area (Å²) in [6.07, 6.45) is 0.459. The Morgan fingerprint density at radius 3 is 2.21 bits per heavy atom. The fourth-order valence-corrected chi connectivity index (χ4v) is 1.64. The molecule has 0 spiro atoms. The zero-order chi connectivity index (χ0) is 15.0. The minimum atomic E-state index is -0.907. The molecule has 0 aromatic rings. The van der Waals surface area contributed by atoms with Gasteiger partial charge in [-0.25, -0.2) is 4.79 Å². The molecule has 0 bridgehead atoms. The van der Waals surface area contributed by atoms with Crippen LogP contribution in [0, 0.1) is 11.8 Å². The second-order valence-corrected chi connectivity index (χ2v) is 5.14. The first-order valence-corrected chi connectivity index (χ1v) is 6.27. The Balaban J connectivity index is 4.30. The van der Waals surface area contributed by atoms with Crippen molar-refractivity contribution in [3.8, 4) is 0 Å². The lowest BCUT2D eigenvalue weighted by molar-refractivity contribution is -0.138. The normalized spacial score (nSPS) is 13.7. The molecule has 0 aromatic heterocycles. The number of primary amides is 1. The summed E-state index contributed by atoms with van der Waals surface area (Å²) in [4.78, 5) is 33.2. The van der Waals surface area contributed by atoms with Gasteiger partial charge in [-0.3, -0.25) is 9.59 Å². The molecule has 2 unspecified atom stereocenters. The van der Waals surface area contributed by atoms with Gasteiger partial charge < -0.3 is 21.5 Å². The highest BCUT2D eigenvalue weighted by atomic mass is 16.4. The molecule has 0 radical (unpaired) electrons. The first-order valence-electron chi connectivity index (χ1n) is 6.27. The number of carbonyl (C=O) groups is 3. The van der Waals surface area contributed by atoms with Crippen molar-refractivity contribution in [3.63, 3.8) is 0 Å². The lowest BCUT2D eigenvalue weighted by Gasteiger charge is -2.20. The van der Waals surface area contributed by atoms with E-state index in [9.17, 15) is 14.4 Å². The Kier molecular flexibility index (Phi) is 7.55. The SMILES string of the molecule is CC(C)CC(NC(N)=O)C(=O)NCC(C)CC(=O)O. The van der Waals surface area contributed by atoms with Crippen molar-refractivity contribution in [2.24, 2.45) is 17.6 Å². The summed E-state index contributed by atoms with van der Waals surface area (Å²) in [6.45, 7) is 5.83. The Morgan fingerprint density at radius 2 is 1.79 bits per heavy atom. The third kappa shape index (κ3) is 8.87. The maximum atomic E-state index is 11.9. The molecular formula is C12H23N3O4. The van der Waals surface area contributed by atoms with Gasteiger partial charge in [0.25, 0.3) is 0 Å². The molecule has 5 N–H and O–H groups in total. The Labute approximate surface area is 112 Å². The summed E-state index contributed by atoms with van der Waals surface area (Å²) in [5.41, 5.74) is 5.02. The maximum absolute atomic E-state index is 11.9. The number of carboxylic acids is 1. The highest BCUT2D eigenvalue weighted by Gasteiger charge is 2.21. The third-order valence-corrected chi connectivity index (χ3v) is 2.49. The zero-order valence-electron chi connectivity index (χ0n) is 11.6. The number of nitrogens with two attached hydrogens (primary N) is 1. The highest BCUT2D eigenvalue weighted by Crippen LogP contribution is 2.06. The summed E-state index contributed by atoms with van der Waals surface area (Å²) >= 11 is 0. The highest BCUT2D eigenvalue weighted by molar-refractivity contribution is 5.86. The van der Waals surface area contributed by atoms with Crippen LogP contribution in [0.25, 0.3) is 0 Å². The van der Waals surface area contributed by atoms with E-state index in [-0.39, 0.29) is 30.7 Å². The van der Waals surface area contributed by atoms with Gasteiger partial charge in [-0.1, -0.05) is 20.8 Å². The van der Waals surface area contributed by atoms with E-state index in [2.05, 4.69) is 10.6 Å². The molecule has 3 amide bonds. The number of urea groups is 1. The van der Waals surface area contributed by atoms with Crippen LogP contribution in [0.5, 0.6) is 0 Å². The van der Waals surface area contributed by atoms with E-state index in [1.165, 1.54) is 0 Å². The van der Waals surface area contributed by atoms with Gasteiger partial charge in [0.05, 0.1) is 0 Å². The molecule has 0 heterocycles. The van der Waals surface area contributed by atoms with Crippen LogP contribution in [-0.4, -0.2) is 35.6 Å². The van der Waals surface area contributed by atoms with Gasteiger partial charge in [-0.05, 0) is 18.3 Å². The van der Waals surface area contributed by atoms with Crippen LogP contribution in [0.2, 0.25) is 0 Å². The summed E-state index contributed by atoms with van der Waals surface area (Å²) in [5.74, 6) is -1.20. The molecule has 19 heavy (non-hydrogen) atoms. The molecule has 7 nitrogen and oxygen atoms in total. The number of aliphatic carboxylic acids is 1. The fourth-order valence-electron chi connectivity index (χ4n) is 1.64. The number of carboxylic acid groups (broad SMARTS) is 1. The van der Waals surface area contributed by atoms with Crippen molar-refractivity contribution < 1.29 is 19.5 Å². The smallest absolute Gasteiger partial charge is 0.312 e. The minimum Gasteiger partial charge on any atom is -0.481 e. The molecule has 0 rings (SSSR count). The van der Waals surface area contributed by atoms with Gasteiger partial charge in [-0.15, -0.1) is 0 Å². The van der Waals surface area contributed by atoms with E-state index in [1.54, 1.807) is 6.92 Å². The number of amides is 3. The second kappa shape index (κ2) is 8.34. The average molecular weight is 273 g/mol. The molecule has 0 aromatic carbocycles. The standard InChI is InChI=1S/C12H23N3O4/c1-7(2)4-9(15-12(13)19)11(18)14-6-8(3)5-10(16)17/h7-9H,4-6H2,1-3H3,(H,14,18)(H,16,17)(H3,13,15,19). The summed E-state index contributed by atoms with van der Waals surface area (Å²) < 4.78 is 0. The molecule has 0 aliphatic rings. The van der Waals surface area contributed by atoms with Gasteiger partial charge in [0.2, 0.25) is 5.91 Å². The first-order chi connectivity index (χ1) is 8.72. The fraction of sp³-hybridized carbons (Fsp3) is 0.750. The molecule has 0 fully saturated rings. The summed E-state index contributed by atoms with van der Waals surface area (Å²) in [6, 6.07) is -1.44. The molecule has 0 saturated heterocycles. The Morgan fingerprint density at radius 1 is 1.21 bits per heavy atom. The molecule has 2 atom stereocenters. The maximum Gasteiger partial charge on any atom is 0.312 e. The van der Waals surface area contributed by atoms with E-state index in [1.807, 2.05) is 13.8 Å². The third-order valence-electron chi connectivity index (χ3n) is 2.49. The van der Waals surface area contributed by atoms with Crippen LogP contribution in [-0.2, 0) is 9.59 Å². The van der Waals surface area contributed by atoms with Crippen molar-refractivity contribution in [2.45, 2.75) is 39.7 Å². The van der Waals surface area contributed by atoms with Gasteiger partial charge in [0, 0.05) is 13.0 Å². The lowest BCUT2D eigenvalue weighted by atomic mass is 10.0. The largest absolute Gasteiger partial charge is 0.481 e. The zero-order valence-corrected chi connectivity index (χ0v) is 11.6. The quantitative estimate of drug-likeness (QED) is 0.508. The molecule has 0 aliphatic heterocycles. The second-order valence-electron chi connectivity index (χ2n) is 5.14. The number of nitrogens with one attached hydrogen (secondary N) is 2. The van der Waals surface area contributed by atoms with Crippen LogP contribution >= 0.6 is 0 Å². The predicted molar refractivity (Wildman–Crippen MR) is 70.4 cm³/mol. The van der Waals surface area contributed by atoms with Gasteiger partial charge >= 0.3 is 12.0 Å². The van der Waals surface area contributed by atoms with Crippen molar-refractivity contribution >= 4 is 17.9 Å². The van der Waals surface area contributed by atoms with Gasteiger partial charge in [0.15, 0.2) is 0 Å². The number of hydrogen-bond acceptors (Lipinski definition) is 3. The van der Waals surface area contributed by atoms with Crippen molar-refractivity contribution in [1.29, 1.82) is 0 Å². The monoisotopic (exact) mass is 273 g/mol. The molecule has 0 aliphatic carbocycles. The van der Waals surface area contributed by atoms with E-state index in [0.717, 1.165) is 0 Å². The summed E-state index contributed by atoms with van der Waals surface area (Å²) in [7, 11) is 0. The average Bonchev–Trinajstić information content (AvgIpc) is 2.22. The van der Waals surface area contributed by atoms with Crippen LogP contribution in [0.3, 0.4) is 0 Å². The van der Waals surface area contributed by atoms with Crippen LogP contribution in [0.4, 0.5) is 4.79 Å². The van der Waals surface area contributed by atoms with E-state index in [4.69, 9.17) is 10.8 Å². The first kappa shape index (κ1) is 17.2. The Hall–Kier alpha value is -1.79. The van der Waals surface area contributed by atoms with E-state index < -0.39 is 18.0 Å². The van der Waals surface area contributed by atoms with Gasteiger partial charge in [-0.2, -0.15) is 0 Å². The number of carbonyl (C=O) groups excluding carboxylic acids is 2. The minimum absolute atomic E-state index is 0.0155. The van der Waals surface area contributed by atoms with E-state index in [0.29, 0.717) is 6.42 Å². The van der Waals surface area contributed by atoms with Crippen LogP contribution in [0.1, 0.15) is 33.6 Å². The van der Waals surface area contributed by atoms with E-state index >= 15 is 0 Å². The van der Waals surface area contributed by atoms with Crippen molar-refractivity contribution in [1.82, 2.24) is 10.6 Å². The molecule has 0 saturated carbocycles. The predicted octanol–water partition coefficient (Wildman–Crippen LogP) is 0.296. The van der Waals surface area contributed by atoms with Crippen LogP contribution < -0.4 is 16.4 Å². The molecule has 110 valence electrons. The Bertz CT molecular complexity index is 331. The molecule has 7 heteroatoms. The molecular weight excluding hydrogens is 250 g/mol. The number of hydrogen-bond donors (Lipinski definition) is 4. The van der Waals surface area contributed by atoms with Crippen molar-refractivity contribution in [3.05, 3.63) is 0 Å². The van der Waals surface area contributed by atoms with Crippen LogP contribution in [0.15, 0.2) is 0 Å². The van der Waals surface area contributed by atoms with Crippen molar-refractivity contribution in [2.75, 3.05) is 6.54 Å². The van der Waals surface area contributed by atoms with Gasteiger partial charge in [0.1, 0.15) is 6.04 Å². The summed E-state index contributed by atoms with van der Waals surface area (Å²) in [5, 5.41) is 13.6. The lowest BCUT2D eigenvalue weighted by Crippen LogP contribution is -2.49. The number of rotatable bonds is 8.